The third-order valence-electron chi connectivity index (χ3n) is 5.17. The lowest BCUT2D eigenvalue weighted by Crippen LogP contribution is -2.48. The summed E-state index contributed by atoms with van der Waals surface area (Å²) in [4.78, 5) is 26.2. The van der Waals surface area contributed by atoms with Gasteiger partial charge < -0.3 is 4.90 Å². The molecule has 1 aliphatic rings. The molecular formula is C21H26N6OS. The molecule has 1 fully saturated rings. The number of aromatic nitrogens is 4. The topological polar surface area (TPSA) is 67.2 Å². The van der Waals surface area contributed by atoms with Crippen molar-refractivity contribution < 1.29 is 4.79 Å². The van der Waals surface area contributed by atoms with Crippen molar-refractivity contribution in [3.05, 3.63) is 57.4 Å². The first kappa shape index (κ1) is 19.7. The van der Waals surface area contributed by atoms with Crippen LogP contribution in [0.4, 0.5) is 0 Å². The summed E-state index contributed by atoms with van der Waals surface area (Å²) in [6.45, 7) is 10.1. The van der Waals surface area contributed by atoms with Crippen molar-refractivity contribution in [1.29, 1.82) is 0 Å². The number of nitrogens with zero attached hydrogens (tertiary/aromatic N) is 6. The summed E-state index contributed by atoms with van der Waals surface area (Å²) in [5.74, 6) is 0.769. The summed E-state index contributed by atoms with van der Waals surface area (Å²) in [5, 5.41) is 7.77. The lowest BCUT2D eigenvalue weighted by molar-refractivity contribution is 0.0627. The zero-order valence-corrected chi connectivity index (χ0v) is 17.9. The molecule has 1 aliphatic heterocycles. The molecule has 0 aliphatic carbocycles. The molecule has 29 heavy (non-hydrogen) atoms. The maximum Gasteiger partial charge on any atom is 0.255 e. The highest BCUT2D eigenvalue weighted by molar-refractivity contribution is 7.09. The Hall–Kier alpha value is -2.58. The fourth-order valence-corrected chi connectivity index (χ4v) is 4.34. The van der Waals surface area contributed by atoms with E-state index in [9.17, 15) is 4.79 Å². The van der Waals surface area contributed by atoms with Gasteiger partial charge in [-0.2, -0.15) is 5.10 Å². The Bertz CT molecular complexity index is 985. The van der Waals surface area contributed by atoms with E-state index in [2.05, 4.69) is 32.3 Å². The van der Waals surface area contributed by atoms with Gasteiger partial charge in [-0.3, -0.25) is 9.69 Å². The van der Waals surface area contributed by atoms with Crippen LogP contribution in [-0.2, 0) is 13.0 Å². The number of hydrogen-bond donors (Lipinski definition) is 0. The van der Waals surface area contributed by atoms with Crippen LogP contribution >= 0.6 is 11.3 Å². The first-order valence-electron chi connectivity index (χ1n) is 9.98. The molecular weight excluding hydrogens is 384 g/mol. The van der Waals surface area contributed by atoms with Crippen molar-refractivity contribution in [2.75, 3.05) is 26.2 Å². The Morgan fingerprint density at radius 3 is 2.55 bits per heavy atom. The molecule has 0 N–H and O–H groups in total. The molecule has 0 unspecified atom stereocenters. The maximum atomic E-state index is 12.9. The van der Waals surface area contributed by atoms with Gasteiger partial charge in [-0.1, -0.05) is 6.92 Å². The minimum atomic E-state index is 0.0407. The summed E-state index contributed by atoms with van der Waals surface area (Å²) >= 11 is 1.73. The standard InChI is InChI=1S/C21H26N6OS/c1-4-20-23-18(14-29-20)13-25-7-9-26(10-8-25)21(28)17-5-6-19(22-12-17)27-16(3)11-15(2)24-27/h5-6,11-12,14H,4,7-10,13H2,1-3H3. The smallest absolute Gasteiger partial charge is 0.255 e. The molecule has 7 nitrogen and oxygen atoms in total. The van der Waals surface area contributed by atoms with Crippen molar-refractivity contribution in [1.82, 2.24) is 29.5 Å². The number of pyridine rings is 1. The molecule has 8 heteroatoms. The van der Waals surface area contributed by atoms with Gasteiger partial charge in [-0.15, -0.1) is 11.3 Å². The number of carbonyl (C=O) groups excluding carboxylic acids is 1. The minimum Gasteiger partial charge on any atom is -0.336 e. The summed E-state index contributed by atoms with van der Waals surface area (Å²) in [6, 6.07) is 5.71. The summed E-state index contributed by atoms with van der Waals surface area (Å²) in [6.07, 6.45) is 2.64. The average molecular weight is 411 g/mol. The highest BCUT2D eigenvalue weighted by Crippen LogP contribution is 2.15. The largest absolute Gasteiger partial charge is 0.336 e. The van der Waals surface area contributed by atoms with Gasteiger partial charge in [-0.05, 0) is 38.5 Å². The minimum absolute atomic E-state index is 0.0407. The molecule has 0 saturated carbocycles. The monoisotopic (exact) mass is 410 g/mol. The van der Waals surface area contributed by atoms with Crippen LogP contribution in [0.3, 0.4) is 0 Å². The van der Waals surface area contributed by atoms with E-state index in [1.807, 2.05) is 36.9 Å². The van der Waals surface area contributed by atoms with Crippen molar-refractivity contribution in [2.24, 2.45) is 0 Å². The first-order valence-corrected chi connectivity index (χ1v) is 10.9. The fourth-order valence-electron chi connectivity index (χ4n) is 3.60. The van der Waals surface area contributed by atoms with Crippen molar-refractivity contribution >= 4 is 17.2 Å². The van der Waals surface area contributed by atoms with E-state index in [0.717, 1.165) is 62.0 Å². The molecule has 152 valence electrons. The third kappa shape index (κ3) is 4.38. The molecule has 0 atom stereocenters. The Kier molecular flexibility index (Phi) is 5.73. The van der Waals surface area contributed by atoms with Gasteiger partial charge in [0.05, 0.1) is 22.0 Å². The SMILES string of the molecule is CCc1nc(CN2CCN(C(=O)c3ccc(-n4nc(C)cc4C)nc3)CC2)cs1. The molecule has 4 heterocycles. The van der Waals surface area contributed by atoms with Gasteiger partial charge in [0.1, 0.15) is 0 Å². The molecule has 0 radical (unpaired) electrons. The second-order valence-corrected chi connectivity index (χ2v) is 8.34. The number of hydrogen-bond acceptors (Lipinski definition) is 6. The van der Waals surface area contributed by atoms with Gasteiger partial charge in [0.2, 0.25) is 0 Å². The van der Waals surface area contributed by atoms with Crippen molar-refractivity contribution in [3.63, 3.8) is 0 Å². The molecule has 0 spiro atoms. The normalized spacial score (nSPS) is 15.1. The Balaban J connectivity index is 1.35. The van der Waals surface area contributed by atoms with E-state index in [0.29, 0.717) is 5.56 Å². The van der Waals surface area contributed by atoms with E-state index in [-0.39, 0.29) is 5.91 Å². The summed E-state index contributed by atoms with van der Waals surface area (Å²) < 4.78 is 1.80. The van der Waals surface area contributed by atoms with Gasteiger partial charge in [0.15, 0.2) is 5.82 Å². The van der Waals surface area contributed by atoms with Crippen LogP contribution in [0.25, 0.3) is 5.82 Å². The highest BCUT2D eigenvalue weighted by Gasteiger charge is 2.23. The summed E-state index contributed by atoms with van der Waals surface area (Å²) in [5.41, 5.74) is 3.73. The summed E-state index contributed by atoms with van der Waals surface area (Å²) in [7, 11) is 0. The number of thiazole rings is 1. The number of carbonyl (C=O) groups is 1. The third-order valence-corrected chi connectivity index (χ3v) is 6.21. The predicted octanol–water partition coefficient (Wildman–Crippen LogP) is 2.86. The van der Waals surface area contributed by atoms with Gasteiger partial charge in [0, 0.05) is 50.0 Å². The lowest BCUT2D eigenvalue weighted by atomic mass is 10.2. The number of aryl methyl sites for hydroxylation is 3. The molecule has 1 saturated heterocycles. The van der Waals surface area contributed by atoms with Crippen LogP contribution in [0.15, 0.2) is 29.8 Å². The Morgan fingerprint density at radius 2 is 1.97 bits per heavy atom. The second-order valence-electron chi connectivity index (χ2n) is 7.40. The van der Waals surface area contributed by atoms with E-state index in [1.165, 1.54) is 5.01 Å². The average Bonchev–Trinajstić information content (AvgIpc) is 3.33. The fraction of sp³-hybridized carbons (Fsp3) is 0.429. The number of rotatable bonds is 5. The van der Waals surface area contributed by atoms with Gasteiger partial charge in [0.25, 0.3) is 5.91 Å². The van der Waals surface area contributed by atoms with Crippen LogP contribution in [-0.4, -0.2) is 61.6 Å². The molecule has 4 rings (SSSR count). The van der Waals surface area contributed by atoms with E-state index >= 15 is 0 Å². The Labute approximate surface area is 175 Å². The number of amides is 1. The molecule has 0 bridgehead atoms. The molecule has 3 aromatic heterocycles. The molecule has 0 aromatic carbocycles. The Morgan fingerprint density at radius 1 is 1.17 bits per heavy atom. The van der Waals surface area contributed by atoms with E-state index in [1.54, 1.807) is 22.2 Å². The van der Waals surface area contributed by atoms with E-state index in [4.69, 9.17) is 0 Å². The van der Waals surface area contributed by atoms with Crippen LogP contribution in [0.1, 0.15) is 39.4 Å². The zero-order chi connectivity index (χ0) is 20.4. The van der Waals surface area contributed by atoms with Crippen LogP contribution in [0.2, 0.25) is 0 Å². The van der Waals surface area contributed by atoms with Crippen molar-refractivity contribution in [3.8, 4) is 5.82 Å². The number of piperazine rings is 1. The van der Waals surface area contributed by atoms with E-state index < -0.39 is 0 Å². The zero-order valence-electron chi connectivity index (χ0n) is 17.1. The second kappa shape index (κ2) is 8.42. The van der Waals surface area contributed by atoms with Gasteiger partial charge >= 0.3 is 0 Å². The van der Waals surface area contributed by atoms with Crippen LogP contribution < -0.4 is 0 Å². The predicted molar refractivity (Wildman–Crippen MR) is 114 cm³/mol. The quantitative estimate of drug-likeness (QED) is 0.647. The molecule has 3 aromatic rings. The van der Waals surface area contributed by atoms with Gasteiger partial charge in [-0.25, -0.2) is 14.6 Å². The maximum absolute atomic E-state index is 12.9. The van der Waals surface area contributed by atoms with Crippen molar-refractivity contribution in [2.45, 2.75) is 33.7 Å². The lowest BCUT2D eigenvalue weighted by Gasteiger charge is -2.34. The first-order chi connectivity index (χ1) is 14.0. The van der Waals surface area contributed by atoms with Crippen LogP contribution in [0, 0.1) is 13.8 Å². The highest BCUT2D eigenvalue weighted by atomic mass is 32.1. The molecule has 1 amide bonds. The van der Waals surface area contributed by atoms with Crippen LogP contribution in [0.5, 0.6) is 0 Å².